The summed E-state index contributed by atoms with van der Waals surface area (Å²) in [5, 5.41) is 0. The van der Waals surface area contributed by atoms with Crippen molar-refractivity contribution in [1.82, 2.24) is 0 Å². The van der Waals surface area contributed by atoms with E-state index in [0.717, 1.165) is 33.4 Å². The molecule has 0 amide bonds. The first-order valence-corrected chi connectivity index (χ1v) is 11.0. The van der Waals surface area contributed by atoms with E-state index in [-0.39, 0.29) is 5.92 Å². The summed E-state index contributed by atoms with van der Waals surface area (Å²) in [5.74, 6) is -1.38. The standard InChI is InChI=1S/C29H22O4/c1-32-27(30)25-24-20-11-5-7-13-22(20)29(26(25)28(31)33-2,23-14-8-6-12-21(23)24)19-15-17-9-3-4-10-18(17)16-19/h3-15,24H,16H2,1-2H3. The van der Waals surface area contributed by atoms with Crippen LogP contribution in [0.2, 0.25) is 0 Å². The first-order valence-electron chi connectivity index (χ1n) is 11.0. The van der Waals surface area contributed by atoms with E-state index < -0.39 is 17.4 Å². The van der Waals surface area contributed by atoms with E-state index in [1.807, 2.05) is 36.4 Å². The topological polar surface area (TPSA) is 52.6 Å². The van der Waals surface area contributed by atoms with Gasteiger partial charge in [0.05, 0.1) is 30.8 Å². The number of methoxy groups -OCH3 is 2. The molecule has 0 aliphatic heterocycles. The maximum Gasteiger partial charge on any atom is 0.335 e. The largest absolute Gasteiger partial charge is 0.466 e. The quantitative estimate of drug-likeness (QED) is 0.560. The van der Waals surface area contributed by atoms with Crippen molar-refractivity contribution >= 4 is 18.0 Å². The Morgan fingerprint density at radius 3 is 1.97 bits per heavy atom. The second kappa shape index (κ2) is 7.04. The average molecular weight is 434 g/mol. The summed E-state index contributed by atoms with van der Waals surface area (Å²) in [6, 6.07) is 24.5. The summed E-state index contributed by atoms with van der Waals surface area (Å²) < 4.78 is 10.6. The fraction of sp³-hybridized carbons (Fsp3) is 0.172. The van der Waals surface area contributed by atoms with Crippen LogP contribution in [0.5, 0.6) is 0 Å². The van der Waals surface area contributed by atoms with Crippen molar-refractivity contribution in [3.8, 4) is 0 Å². The van der Waals surface area contributed by atoms with E-state index in [4.69, 9.17) is 9.47 Å². The van der Waals surface area contributed by atoms with E-state index in [9.17, 15) is 9.59 Å². The Hall–Kier alpha value is -3.92. The van der Waals surface area contributed by atoms with E-state index >= 15 is 0 Å². The predicted octanol–water partition coefficient (Wildman–Crippen LogP) is 4.71. The third kappa shape index (κ3) is 2.41. The van der Waals surface area contributed by atoms with E-state index in [1.165, 1.54) is 19.8 Å². The van der Waals surface area contributed by atoms with Crippen LogP contribution in [-0.2, 0) is 30.9 Å². The number of carbonyl (C=O) groups is 2. The van der Waals surface area contributed by atoms with Crippen LogP contribution in [0.4, 0.5) is 0 Å². The van der Waals surface area contributed by atoms with Gasteiger partial charge in [0.2, 0.25) is 0 Å². The lowest BCUT2D eigenvalue weighted by Crippen LogP contribution is -2.48. The normalized spacial score (nSPS) is 21.6. The molecule has 0 unspecified atom stereocenters. The number of hydrogen-bond acceptors (Lipinski definition) is 4. The van der Waals surface area contributed by atoms with Crippen molar-refractivity contribution in [2.24, 2.45) is 0 Å². The van der Waals surface area contributed by atoms with Crippen molar-refractivity contribution in [3.05, 3.63) is 123 Å². The highest BCUT2D eigenvalue weighted by Gasteiger charge is 2.59. The summed E-state index contributed by atoms with van der Waals surface area (Å²) in [6.07, 6.45) is 2.85. The fourth-order valence-electron chi connectivity index (χ4n) is 6.14. The Labute approximate surface area is 192 Å². The third-order valence-electron chi connectivity index (χ3n) is 7.33. The Bertz CT molecular complexity index is 1360. The molecule has 162 valence electrons. The van der Waals surface area contributed by atoms with Crippen LogP contribution in [0.15, 0.2) is 89.5 Å². The van der Waals surface area contributed by atoms with Crippen LogP contribution in [0.25, 0.3) is 6.08 Å². The van der Waals surface area contributed by atoms with Gasteiger partial charge in [0, 0.05) is 5.92 Å². The molecule has 0 saturated heterocycles. The zero-order valence-corrected chi connectivity index (χ0v) is 18.4. The first-order chi connectivity index (χ1) is 16.1. The van der Waals surface area contributed by atoms with E-state index in [1.54, 1.807) is 0 Å². The van der Waals surface area contributed by atoms with Gasteiger partial charge in [0.1, 0.15) is 0 Å². The van der Waals surface area contributed by atoms with Gasteiger partial charge in [0.15, 0.2) is 0 Å². The van der Waals surface area contributed by atoms with Crippen LogP contribution in [0.1, 0.15) is 39.3 Å². The molecule has 33 heavy (non-hydrogen) atoms. The molecule has 4 aliphatic rings. The second-order valence-corrected chi connectivity index (χ2v) is 8.67. The number of fused-ring (bicyclic) bond motifs is 1. The Morgan fingerprint density at radius 1 is 0.788 bits per heavy atom. The molecule has 0 fully saturated rings. The molecule has 0 aromatic heterocycles. The molecule has 0 saturated carbocycles. The molecule has 3 aromatic carbocycles. The summed E-state index contributed by atoms with van der Waals surface area (Å²) in [5.41, 5.74) is 7.32. The number of rotatable bonds is 3. The average Bonchev–Trinajstić information content (AvgIpc) is 3.32. The summed E-state index contributed by atoms with van der Waals surface area (Å²) in [4.78, 5) is 26.8. The molecule has 0 heterocycles. The van der Waals surface area contributed by atoms with Gasteiger partial charge >= 0.3 is 11.9 Å². The van der Waals surface area contributed by atoms with Gasteiger partial charge in [-0.05, 0) is 45.4 Å². The number of esters is 2. The molecule has 7 rings (SSSR count). The number of benzene rings is 3. The van der Waals surface area contributed by atoms with Gasteiger partial charge < -0.3 is 9.47 Å². The predicted molar refractivity (Wildman–Crippen MR) is 125 cm³/mol. The smallest absolute Gasteiger partial charge is 0.335 e. The van der Waals surface area contributed by atoms with E-state index in [2.05, 4.69) is 42.5 Å². The van der Waals surface area contributed by atoms with Crippen LogP contribution in [0, 0.1) is 0 Å². The van der Waals surface area contributed by atoms with Gasteiger partial charge in [-0.15, -0.1) is 0 Å². The van der Waals surface area contributed by atoms with Gasteiger partial charge in [-0.1, -0.05) is 78.9 Å². The molecular weight excluding hydrogens is 412 g/mol. The van der Waals surface area contributed by atoms with Crippen molar-refractivity contribution in [2.45, 2.75) is 17.8 Å². The third-order valence-corrected chi connectivity index (χ3v) is 7.33. The maximum absolute atomic E-state index is 13.5. The Kier molecular flexibility index (Phi) is 4.21. The highest BCUT2D eigenvalue weighted by molar-refractivity contribution is 6.08. The molecule has 0 N–H and O–H groups in total. The Morgan fingerprint density at radius 2 is 1.36 bits per heavy atom. The van der Waals surface area contributed by atoms with Crippen LogP contribution in [0.3, 0.4) is 0 Å². The van der Waals surface area contributed by atoms with Crippen molar-refractivity contribution < 1.29 is 19.1 Å². The van der Waals surface area contributed by atoms with Crippen LogP contribution >= 0.6 is 0 Å². The minimum Gasteiger partial charge on any atom is -0.466 e. The molecule has 2 bridgehead atoms. The van der Waals surface area contributed by atoms with E-state index in [0.29, 0.717) is 17.6 Å². The zero-order chi connectivity index (χ0) is 22.7. The summed E-state index contributed by atoms with van der Waals surface area (Å²) in [7, 11) is 2.73. The number of hydrogen-bond donors (Lipinski definition) is 0. The highest BCUT2D eigenvalue weighted by Crippen LogP contribution is 2.63. The maximum atomic E-state index is 13.5. The van der Waals surface area contributed by atoms with Gasteiger partial charge in [-0.25, -0.2) is 9.59 Å². The molecular formula is C29H22O4. The molecule has 0 spiro atoms. The molecule has 4 aliphatic carbocycles. The Balaban J connectivity index is 1.79. The fourth-order valence-corrected chi connectivity index (χ4v) is 6.14. The lowest BCUT2D eigenvalue weighted by atomic mass is 9.50. The molecule has 4 nitrogen and oxygen atoms in total. The number of carbonyl (C=O) groups excluding carboxylic acids is 2. The monoisotopic (exact) mass is 434 g/mol. The minimum absolute atomic E-state index is 0.373. The SMILES string of the molecule is COC(=O)C1=C(C(=O)OC)C2(C3=Cc4ccccc4C3)c3ccccc3C1c1ccccc12. The van der Waals surface area contributed by atoms with Crippen molar-refractivity contribution in [1.29, 1.82) is 0 Å². The number of allylic oxidation sites excluding steroid dienone is 1. The zero-order valence-electron chi connectivity index (χ0n) is 18.4. The van der Waals surface area contributed by atoms with Crippen LogP contribution in [-0.4, -0.2) is 26.2 Å². The molecule has 0 atom stereocenters. The summed E-state index contributed by atoms with van der Waals surface area (Å²) in [6.45, 7) is 0. The first kappa shape index (κ1) is 19.7. The summed E-state index contributed by atoms with van der Waals surface area (Å²) >= 11 is 0. The molecule has 0 radical (unpaired) electrons. The van der Waals surface area contributed by atoms with Crippen molar-refractivity contribution in [2.75, 3.05) is 14.2 Å². The lowest BCUT2D eigenvalue weighted by molar-refractivity contribution is -0.140. The van der Waals surface area contributed by atoms with Gasteiger partial charge in [0.25, 0.3) is 0 Å². The minimum atomic E-state index is -0.933. The number of ether oxygens (including phenoxy) is 2. The molecule has 4 heteroatoms. The highest BCUT2D eigenvalue weighted by atomic mass is 16.5. The van der Waals surface area contributed by atoms with Gasteiger partial charge in [-0.3, -0.25) is 0 Å². The van der Waals surface area contributed by atoms with Crippen molar-refractivity contribution in [3.63, 3.8) is 0 Å². The second-order valence-electron chi connectivity index (χ2n) is 8.67. The van der Waals surface area contributed by atoms with Gasteiger partial charge in [-0.2, -0.15) is 0 Å². The van der Waals surface area contributed by atoms with Crippen LogP contribution < -0.4 is 0 Å². The molecule has 3 aromatic rings. The lowest BCUT2D eigenvalue weighted by Gasteiger charge is -2.51.